The largest absolute Gasteiger partial charge is 0.497 e. The Kier molecular flexibility index (Phi) is 4.37. The summed E-state index contributed by atoms with van der Waals surface area (Å²) in [5, 5.41) is 0. The molecule has 19 heavy (non-hydrogen) atoms. The van der Waals surface area contributed by atoms with E-state index < -0.39 is 0 Å². The van der Waals surface area contributed by atoms with E-state index in [1.807, 2.05) is 29.8 Å². The smallest absolute Gasteiger partial charge is 0.248 e. The van der Waals surface area contributed by atoms with Crippen LogP contribution in [0.3, 0.4) is 0 Å². The van der Waals surface area contributed by atoms with Crippen LogP contribution in [0.5, 0.6) is 5.75 Å². The summed E-state index contributed by atoms with van der Waals surface area (Å²) in [6.07, 6.45) is 2.43. The molecule has 0 saturated heterocycles. The van der Waals surface area contributed by atoms with Gasteiger partial charge in [-0.25, -0.2) is 0 Å². The zero-order chi connectivity index (χ0) is 13.8. The number of hydrogen-bond donors (Lipinski definition) is 0. The Hall–Kier alpha value is -1.62. The summed E-state index contributed by atoms with van der Waals surface area (Å²) < 4.78 is 8.23. The van der Waals surface area contributed by atoms with Crippen LogP contribution in [0.4, 0.5) is 0 Å². The maximum Gasteiger partial charge on any atom is 0.248 e. The van der Waals surface area contributed by atoms with Crippen molar-refractivity contribution in [3.8, 4) is 5.75 Å². The van der Waals surface area contributed by atoms with Crippen molar-refractivity contribution < 1.29 is 9.53 Å². The zero-order valence-corrected chi connectivity index (χ0v) is 12.3. The number of aromatic nitrogens is 1. The van der Waals surface area contributed by atoms with E-state index in [4.69, 9.17) is 4.74 Å². The molecule has 1 amide bonds. The quantitative estimate of drug-likeness (QED) is 0.863. The summed E-state index contributed by atoms with van der Waals surface area (Å²) in [5.41, 5.74) is 1.06. The van der Waals surface area contributed by atoms with Gasteiger partial charge in [0.1, 0.15) is 5.75 Å². The minimum Gasteiger partial charge on any atom is -0.497 e. The summed E-state index contributed by atoms with van der Waals surface area (Å²) in [6.45, 7) is 2.07. The molecule has 0 aliphatic rings. The van der Waals surface area contributed by atoms with Crippen molar-refractivity contribution in [2.45, 2.75) is 26.2 Å². The predicted octanol–water partition coefficient (Wildman–Crippen LogP) is 2.87. The third-order valence-electron chi connectivity index (χ3n) is 2.98. The molecule has 2 aromatic rings. The average Bonchev–Trinajstić information content (AvgIpc) is 2.72. The van der Waals surface area contributed by atoms with Gasteiger partial charge in [-0.1, -0.05) is 24.7 Å². The van der Waals surface area contributed by atoms with E-state index in [1.165, 1.54) is 11.3 Å². The summed E-state index contributed by atoms with van der Waals surface area (Å²) in [7, 11) is 3.57. The van der Waals surface area contributed by atoms with Crippen molar-refractivity contribution in [3.05, 3.63) is 23.0 Å². The Labute approximate surface area is 116 Å². The van der Waals surface area contributed by atoms with Crippen molar-refractivity contribution in [3.63, 3.8) is 0 Å². The summed E-state index contributed by atoms with van der Waals surface area (Å²) in [6, 6.07) is 5.87. The number of fused-ring (bicyclic) bond motifs is 1. The van der Waals surface area contributed by atoms with Gasteiger partial charge >= 0.3 is 0 Å². The van der Waals surface area contributed by atoms with Crippen LogP contribution in [0.25, 0.3) is 10.2 Å². The number of benzene rings is 1. The van der Waals surface area contributed by atoms with Gasteiger partial charge in [-0.15, -0.1) is 0 Å². The maximum atomic E-state index is 11.7. The number of rotatable bonds is 4. The number of methoxy groups -OCH3 is 1. The molecule has 102 valence electrons. The maximum absolute atomic E-state index is 11.7. The van der Waals surface area contributed by atoms with Gasteiger partial charge in [0.2, 0.25) is 5.91 Å². The van der Waals surface area contributed by atoms with Crippen LogP contribution in [0.2, 0.25) is 0 Å². The minimum absolute atomic E-state index is 0.0454. The van der Waals surface area contributed by atoms with E-state index >= 15 is 0 Å². The molecule has 1 aromatic carbocycles. The Morgan fingerprint density at radius 1 is 1.47 bits per heavy atom. The first-order chi connectivity index (χ1) is 9.15. The van der Waals surface area contributed by atoms with Crippen LogP contribution in [0, 0.1) is 0 Å². The van der Waals surface area contributed by atoms with Crippen LogP contribution >= 0.6 is 11.3 Å². The fourth-order valence-corrected chi connectivity index (χ4v) is 2.90. The standard InChI is InChI=1S/C14H18N2O2S/c1-4-5-6-13(17)15-14-16(2)11-8-7-10(18-3)9-12(11)19-14/h7-9H,4-6H2,1-3H3. The van der Waals surface area contributed by atoms with Gasteiger partial charge in [-0.05, 0) is 24.6 Å². The normalized spacial score (nSPS) is 12.1. The van der Waals surface area contributed by atoms with Crippen molar-refractivity contribution >= 4 is 27.5 Å². The number of carbonyl (C=O) groups is 1. The first-order valence-electron chi connectivity index (χ1n) is 6.37. The summed E-state index contributed by atoms with van der Waals surface area (Å²) in [5.74, 6) is 0.772. The number of carbonyl (C=O) groups excluding carboxylic acids is 1. The van der Waals surface area contributed by atoms with E-state index in [2.05, 4.69) is 11.9 Å². The molecule has 4 nitrogen and oxygen atoms in total. The second-order valence-corrected chi connectivity index (χ2v) is 5.40. The molecule has 0 aliphatic carbocycles. The highest BCUT2D eigenvalue weighted by Crippen LogP contribution is 2.22. The Morgan fingerprint density at radius 3 is 2.95 bits per heavy atom. The number of nitrogens with zero attached hydrogens (tertiary/aromatic N) is 2. The van der Waals surface area contributed by atoms with E-state index in [1.54, 1.807) is 7.11 Å². The molecule has 2 rings (SSSR count). The number of hydrogen-bond acceptors (Lipinski definition) is 3. The highest BCUT2D eigenvalue weighted by molar-refractivity contribution is 7.16. The molecule has 0 atom stereocenters. The Balaban J connectivity index is 2.41. The van der Waals surface area contributed by atoms with Crippen molar-refractivity contribution in [1.29, 1.82) is 0 Å². The average molecular weight is 278 g/mol. The van der Waals surface area contributed by atoms with Gasteiger partial charge in [-0.2, -0.15) is 4.99 Å². The van der Waals surface area contributed by atoms with E-state index in [0.29, 0.717) is 6.42 Å². The molecule has 0 radical (unpaired) electrons. The number of unbranched alkanes of at least 4 members (excludes halogenated alkanes) is 1. The Bertz CT molecular complexity index is 655. The molecule has 0 spiro atoms. The summed E-state index contributed by atoms with van der Waals surface area (Å²) >= 11 is 1.51. The van der Waals surface area contributed by atoms with Crippen LogP contribution in [0.1, 0.15) is 26.2 Å². The lowest BCUT2D eigenvalue weighted by Gasteiger charge is -1.99. The molecule has 0 saturated carbocycles. The fraction of sp³-hybridized carbons (Fsp3) is 0.429. The van der Waals surface area contributed by atoms with Gasteiger partial charge in [0, 0.05) is 13.5 Å². The fourth-order valence-electron chi connectivity index (χ4n) is 1.84. The summed E-state index contributed by atoms with van der Waals surface area (Å²) in [4.78, 5) is 16.7. The monoisotopic (exact) mass is 278 g/mol. The van der Waals surface area contributed by atoms with E-state index in [-0.39, 0.29) is 5.91 Å². The van der Waals surface area contributed by atoms with Gasteiger partial charge in [0.05, 0.1) is 17.3 Å². The van der Waals surface area contributed by atoms with Crippen LogP contribution in [-0.2, 0) is 11.8 Å². The number of thiazole rings is 1. The highest BCUT2D eigenvalue weighted by Gasteiger charge is 2.06. The highest BCUT2D eigenvalue weighted by atomic mass is 32.1. The first kappa shape index (κ1) is 13.8. The minimum atomic E-state index is -0.0454. The number of ether oxygens (including phenoxy) is 1. The molecule has 0 bridgehead atoms. The van der Waals surface area contributed by atoms with Gasteiger partial charge in [0.25, 0.3) is 0 Å². The molecule has 0 fully saturated rings. The molecule has 0 unspecified atom stereocenters. The third-order valence-corrected chi connectivity index (χ3v) is 4.08. The third kappa shape index (κ3) is 3.04. The Morgan fingerprint density at radius 2 is 2.26 bits per heavy atom. The van der Waals surface area contributed by atoms with Crippen molar-refractivity contribution in [2.75, 3.05) is 7.11 Å². The van der Waals surface area contributed by atoms with E-state index in [0.717, 1.165) is 33.6 Å². The van der Waals surface area contributed by atoms with Gasteiger partial charge in [0.15, 0.2) is 4.80 Å². The van der Waals surface area contributed by atoms with Gasteiger partial charge < -0.3 is 9.30 Å². The lowest BCUT2D eigenvalue weighted by Crippen LogP contribution is -2.12. The first-order valence-corrected chi connectivity index (χ1v) is 7.18. The molecule has 5 heteroatoms. The number of aryl methyl sites for hydroxylation is 1. The van der Waals surface area contributed by atoms with Crippen LogP contribution in [0.15, 0.2) is 23.2 Å². The molecular formula is C14H18N2O2S. The van der Waals surface area contributed by atoms with Crippen molar-refractivity contribution in [1.82, 2.24) is 4.57 Å². The lowest BCUT2D eigenvalue weighted by molar-refractivity contribution is -0.118. The second kappa shape index (κ2) is 6.02. The predicted molar refractivity (Wildman–Crippen MR) is 77.4 cm³/mol. The second-order valence-electron chi connectivity index (χ2n) is 4.39. The van der Waals surface area contributed by atoms with Gasteiger partial charge in [-0.3, -0.25) is 4.79 Å². The van der Waals surface area contributed by atoms with Crippen LogP contribution in [-0.4, -0.2) is 17.6 Å². The molecular weight excluding hydrogens is 260 g/mol. The number of amides is 1. The van der Waals surface area contributed by atoms with Crippen LogP contribution < -0.4 is 9.54 Å². The SMILES string of the molecule is CCCCC(=O)N=c1sc2cc(OC)ccc2n1C. The topological polar surface area (TPSA) is 43.6 Å². The molecule has 1 aromatic heterocycles. The molecule has 1 heterocycles. The van der Waals surface area contributed by atoms with Crippen molar-refractivity contribution in [2.24, 2.45) is 12.0 Å². The molecule has 0 aliphatic heterocycles. The zero-order valence-electron chi connectivity index (χ0n) is 11.5. The van der Waals surface area contributed by atoms with E-state index in [9.17, 15) is 4.79 Å². The molecule has 0 N–H and O–H groups in total. The lowest BCUT2D eigenvalue weighted by atomic mass is 10.2.